The van der Waals surface area contributed by atoms with E-state index in [9.17, 15) is 4.79 Å². The molecule has 0 amide bonds. The van der Waals surface area contributed by atoms with Crippen LogP contribution >= 0.6 is 24.0 Å². The molecule has 0 spiro atoms. The van der Waals surface area contributed by atoms with Crippen LogP contribution < -0.4 is 5.73 Å². The van der Waals surface area contributed by atoms with Gasteiger partial charge in [0.05, 0.1) is 0 Å². The summed E-state index contributed by atoms with van der Waals surface area (Å²) in [5.74, 6) is -1.00. The lowest BCUT2D eigenvalue weighted by Crippen LogP contribution is -2.32. The molecule has 1 aromatic carbocycles. The number of carbonyl (C=O) groups is 1. The summed E-state index contributed by atoms with van der Waals surface area (Å²) in [5.41, 5.74) is 6.19. The Labute approximate surface area is 93.3 Å². The van der Waals surface area contributed by atoms with Gasteiger partial charge in [-0.15, -0.1) is 12.4 Å². The van der Waals surface area contributed by atoms with Gasteiger partial charge >= 0.3 is 5.97 Å². The van der Waals surface area contributed by atoms with Crippen LogP contribution in [0.3, 0.4) is 0 Å². The van der Waals surface area contributed by atoms with Crippen LogP contribution in [0.15, 0.2) is 24.3 Å². The topological polar surface area (TPSA) is 63.3 Å². The van der Waals surface area contributed by atoms with Crippen molar-refractivity contribution in [2.75, 3.05) is 0 Å². The van der Waals surface area contributed by atoms with Gasteiger partial charge in [0.1, 0.15) is 6.04 Å². The molecule has 0 saturated heterocycles. The molecule has 14 heavy (non-hydrogen) atoms. The van der Waals surface area contributed by atoms with Crippen LogP contribution in [0.4, 0.5) is 0 Å². The zero-order chi connectivity index (χ0) is 9.84. The zero-order valence-corrected chi connectivity index (χ0v) is 8.89. The predicted molar refractivity (Wildman–Crippen MR) is 58.0 cm³/mol. The van der Waals surface area contributed by atoms with Gasteiger partial charge in [0, 0.05) is 5.02 Å². The monoisotopic (exact) mass is 235 g/mol. The van der Waals surface area contributed by atoms with Crippen LogP contribution in [0.25, 0.3) is 0 Å². The van der Waals surface area contributed by atoms with Crippen LogP contribution in [0.5, 0.6) is 0 Å². The van der Waals surface area contributed by atoms with Crippen molar-refractivity contribution in [2.45, 2.75) is 12.5 Å². The van der Waals surface area contributed by atoms with Crippen molar-refractivity contribution in [3.8, 4) is 0 Å². The summed E-state index contributed by atoms with van der Waals surface area (Å²) in [6, 6.07) is 6.15. The van der Waals surface area contributed by atoms with Gasteiger partial charge in [-0.3, -0.25) is 4.79 Å². The van der Waals surface area contributed by atoms with E-state index in [4.69, 9.17) is 22.4 Å². The van der Waals surface area contributed by atoms with E-state index in [1.165, 1.54) is 0 Å². The highest BCUT2D eigenvalue weighted by Gasteiger charge is 2.11. The lowest BCUT2D eigenvalue weighted by atomic mass is 10.1. The van der Waals surface area contributed by atoms with Crippen LogP contribution in [0, 0.1) is 0 Å². The van der Waals surface area contributed by atoms with Crippen molar-refractivity contribution in [1.29, 1.82) is 0 Å². The molecule has 0 aliphatic heterocycles. The third kappa shape index (κ3) is 3.96. The number of carboxylic acid groups (broad SMARTS) is 1. The van der Waals surface area contributed by atoms with Gasteiger partial charge in [-0.1, -0.05) is 23.7 Å². The van der Waals surface area contributed by atoms with E-state index in [2.05, 4.69) is 0 Å². The third-order valence-electron chi connectivity index (χ3n) is 1.66. The first kappa shape index (κ1) is 13.2. The second-order valence-electron chi connectivity index (χ2n) is 2.78. The fourth-order valence-electron chi connectivity index (χ4n) is 1.01. The Balaban J connectivity index is 0.00000169. The van der Waals surface area contributed by atoms with E-state index in [1.54, 1.807) is 24.3 Å². The number of benzene rings is 1. The van der Waals surface area contributed by atoms with E-state index in [1.807, 2.05) is 0 Å². The molecular weight excluding hydrogens is 225 g/mol. The maximum absolute atomic E-state index is 10.4. The van der Waals surface area contributed by atoms with Gasteiger partial charge in [0.2, 0.25) is 0 Å². The summed E-state index contributed by atoms with van der Waals surface area (Å²) in [7, 11) is 0. The predicted octanol–water partition coefficient (Wildman–Crippen LogP) is 1.72. The zero-order valence-electron chi connectivity index (χ0n) is 7.31. The SMILES string of the molecule is Cl.N[C@@H](Cc1cccc(Cl)c1)C(=O)O. The summed E-state index contributed by atoms with van der Waals surface area (Å²) < 4.78 is 0. The van der Waals surface area contributed by atoms with Gasteiger partial charge in [-0.05, 0) is 24.1 Å². The Morgan fingerprint density at radius 3 is 2.71 bits per heavy atom. The van der Waals surface area contributed by atoms with Crippen molar-refractivity contribution in [3.63, 3.8) is 0 Å². The second kappa shape index (κ2) is 5.86. The average Bonchev–Trinajstić information content (AvgIpc) is 2.04. The molecule has 0 saturated carbocycles. The number of aliphatic carboxylic acids is 1. The highest BCUT2D eigenvalue weighted by Crippen LogP contribution is 2.11. The fourth-order valence-corrected chi connectivity index (χ4v) is 1.22. The summed E-state index contributed by atoms with van der Waals surface area (Å²) in [6.07, 6.45) is 0.301. The van der Waals surface area contributed by atoms with Gasteiger partial charge < -0.3 is 10.8 Å². The maximum Gasteiger partial charge on any atom is 0.320 e. The maximum atomic E-state index is 10.4. The molecule has 1 rings (SSSR count). The number of nitrogens with two attached hydrogens (primary N) is 1. The van der Waals surface area contributed by atoms with Crippen LogP contribution in [-0.2, 0) is 11.2 Å². The first-order valence-electron chi connectivity index (χ1n) is 3.82. The molecule has 3 nitrogen and oxygen atoms in total. The molecule has 0 unspecified atom stereocenters. The molecule has 5 heteroatoms. The summed E-state index contributed by atoms with van der Waals surface area (Å²) >= 11 is 5.72. The minimum atomic E-state index is -1.00. The lowest BCUT2D eigenvalue weighted by Gasteiger charge is -2.05. The van der Waals surface area contributed by atoms with Gasteiger partial charge in [-0.25, -0.2) is 0 Å². The molecule has 0 aromatic heterocycles. The first-order valence-corrected chi connectivity index (χ1v) is 4.20. The smallest absolute Gasteiger partial charge is 0.320 e. The summed E-state index contributed by atoms with van der Waals surface area (Å²) in [4.78, 5) is 10.4. The van der Waals surface area contributed by atoms with Gasteiger partial charge in [0.25, 0.3) is 0 Å². The van der Waals surface area contributed by atoms with Crippen molar-refractivity contribution in [1.82, 2.24) is 0 Å². The number of hydrogen-bond acceptors (Lipinski definition) is 2. The molecule has 0 heterocycles. The fraction of sp³-hybridized carbons (Fsp3) is 0.222. The lowest BCUT2D eigenvalue weighted by molar-refractivity contribution is -0.138. The van der Waals surface area contributed by atoms with Crippen LogP contribution in [-0.4, -0.2) is 17.1 Å². The van der Waals surface area contributed by atoms with E-state index >= 15 is 0 Å². The van der Waals surface area contributed by atoms with Crippen LogP contribution in [0.1, 0.15) is 5.56 Å². The number of rotatable bonds is 3. The number of hydrogen-bond donors (Lipinski definition) is 2. The molecule has 3 N–H and O–H groups in total. The van der Waals surface area contributed by atoms with Crippen molar-refractivity contribution >= 4 is 30.0 Å². The molecule has 0 bridgehead atoms. The van der Waals surface area contributed by atoms with Crippen molar-refractivity contribution < 1.29 is 9.90 Å². The molecule has 0 aliphatic rings. The second-order valence-corrected chi connectivity index (χ2v) is 3.22. The number of halogens is 2. The normalized spacial score (nSPS) is 11.6. The molecule has 0 fully saturated rings. The van der Waals surface area contributed by atoms with Crippen molar-refractivity contribution in [3.05, 3.63) is 34.9 Å². The Bertz CT molecular complexity index is 317. The Morgan fingerprint density at radius 1 is 1.57 bits per heavy atom. The minimum absolute atomic E-state index is 0. The highest BCUT2D eigenvalue weighted by molar-refractivity contribution is 6.30. The minimum Gasteiger partial charge on any atom is -0.480 e. The first-order chi connectivity index (χ1) is 6.09. The Hall–Kier alpha value is -0.770. The molecular formula is C9H11Cl2NO2. The van der Waals surface area contributed by atoms with E-state index in [0.29, 0.717) is 11.4 Å². The molecule has 1 aromatic rings. The van der Waals surface area contributed by atoms with E-state index in [-0.39, 0.29) is 12.4 Å². The van der Waals surface area contributed by atoms with Crippen molar-refractivity contribution in [2.24, 2.45) is 5.73 Å². The molecule has 0 aliphatic carbocycles. The average molecular weight is 236 g/mol. The Morgan fingerprint density at radius 2 is 2.21 bits per heavy atom. The molecule has 78 valence electrons. The Kier molecular flexibility index (Phi) is 5.53. The summed E-state index contributed by atoms with van der Waals surface area (Å²) in [5, 5.41) is 9.15. The largest absolute Gasteiger partial charge is 0.480 e. The van der Waals surface area contributed by atoms with E-state index in [0.717, 1.165) is 5.56 Å². The molecule has 1 atom stereocenters. The standard InChI is InChI=1S/C9H10ClNO2.ClH/c10-7-3-1-2-6(4-7)5-8(11)9(12)13;/h1-4,8H,5,11H2,(H,12,13);1H/t8-;/m0./s1. The third-order valence-corrected chi connectivity index (χ3v) is 1.90. The highest BCUT2D eigenvalue weighted by atomic mass is 35.5. The summed E-state index contributed by atoms with van der Waals surface area (Å²) in [6.45, 7) is 0. The quantitative estimate of drug-likeness (QED) is 0.839. The van der Waals surface area contributed by atoms with E-state index < -0.39 is 12.0 Å². The van der Waals surface area contributed by atoms with Crippen LogP contribution in [0.2, 0.25) is 5.02 Å². The molecule has 0 radical (unpaired) electrons. The van der Waals surface area contributed by atoms with Gasteiger partial charge in [0.15, 0.2) is 0 Å². The van der Waals surface area contributed by atoms with Gasteiger partial charge in [-0.2, -0.15) is 0 Å². The number of carboxylic acids is 1.